The van der Waals surface area contributed by atoms with Gasteiger partial charge in [-0.1, -0.05) is 12.1 Å². The number of rotatable bonds is 3. The van der Waals surface area contributed by atoms with Crippen molar-refractivity contribution in [3.63, 3.8) is 0 Å². The van der Waals surface area contributed by atoms with E-state index in [1.54, 1.807) is 24.3 Å². The van der Waals surface area contributed by atoms with Crippen LogP contribution in [-0.2, 0) is 13.0 Å². The molecule has 130 valence electrons. The fourth-order valence-corrected chi connectivity index (χ4v) is 3.19. The van der Waals surface area contributed by atoms with E-state index in [9.17, 15) is 18.0 Å². The maximum absolute atomic E-state index is 13.8. The minimum Gasteiger partial charge on any atom is -0.348 e. The van der Waals surface area contributed by atoms with Gasteiger partial charge in [0, 0.05) is 35.9 Å². The lowest BCUT2D eigenvalue weighted by molar-refractivity contribution is 0.0950. The van der Waals surface area contributed by atoms with Gasteiger partial charge in [-0.25, -0.2) is 13.8 Å². The lowest BCUT2D eigenvalue weighted by Crippen LogP contribution is -2.24. The highest BCUT2D eigenvalue weighted by atomic mass is 19.1. The SMILES string of the molecule is O=C(NCc1c(F)cccc1F)c1ccc2c(c1)Cc1c-2ccnc1F. The van der Waals surface area contributed by atoms with Crippen LogP contribution < -0.4 is 5.32 Å². The molecule has 4 rings (SSSR count). The summed E-state index contributed by atoms with van der Waals surface area (Å²) in [6, 6.07) is 10.3. The Morgan fingerprint density at radius 3 is 2.58 bits per heavy atom. The molecule has 1 aliphatic carbocycles. The molecular weight excluding hydrogens is 341 g/mol. The summed E-state index contributed by atoms with van der Waals surface area (Å²) in [5.74, 6) is -2.39. The Bertz CT molecular complexity index is 1010. The van der Waals surface area contributed by atoms with E-state index in [2.05, 4.69) is 10.3 Å². The summed E-state index contributed by atoms with van der Waals surface area (Å²) >= 11 is 0. The third kappa shape index (κ3) is 2.73. The van der Waals surface area contributed by atoms with E-state index in [0.29, 0.717) is 17.5 Å². The number of fused-ring (bicyclic) bond motifs is 3. The van der Waals surface area contributed by atoms with Crippen LogP contribution in [0.25, 0.3) is 11.1 Å². The number of carbonyl (C=O) groups is 1. The van der Waals surface area contributed by atoms with Crippen LogP contribution in [0.15, 0.2) is 48.7 Å². The van der Waals surface area contributed by atoms with Crippen LogP contribution in [0.4, 0.5) is 13.2 Å². The molecule has 26 heavy (non-hydrogen) atoms. The maximum Gasteiger partial charge on any atom is 0.251 e. The zero-order valence-electron chi connectivity index (χ0n) is 13.5. The number of aromatic nitrogens is 1. The number of halogens is 3. The summed E-state index contributed by atoms with van der Waals surface area (Å²) in [5, 5.41) is 2.52. The van der Waals surface area contributed by atoms with Gasteiger partial charge in [-0.3, -0.25) is 4.79 Å². The van der Waals surface area contributed by atoms with Crippen LogP contribution in [0.1, 0.15) is 27.0 Å². The normalized spacial score (nSPS) is 11.8. The van der Waals surface area contributed by atoms with E-state index in [1.807, 2.05) is 0 Å². The number of pyridine rings is 1. The van der Waals surface area contributed by atoms with Crippen LogP contribution >= 0.6 is 0 Å². The highest BCUT2D eigenvalue weighted by Gasteiger charge is 2.23. The lowest BCUT2D eigenvalue weighted by Gasteiger charge is -2.09. The molecule has 3 aromatic rings. The van der Waals surface area contributed by atoms with E-state index in [0.717, 1.165) is 28.8 Å². The number of carbonyl (C=O) groups excluding carboxylic acids is 1. The minimum absolute atomic E-state index is 0.192. The largest absolute Gasteiger partial charge is 0.348 e. The molecule has 0 fully saturated rings. The zero-order valence-corrected chi connectivity index (χ0v) is 13.5. The van der Waals surface area contributed by atoms with Gasteiger partial charge in [-0.15, -0.1) is 0 Å². The first-order valence-corrected chi connectivity index (χ1v) is 8.02. The second kappa shape index (κ2) is 6.29. The molecule has 0 unspecified atom stereocenters. The number of benzene rings is 2. The minimum atomic E-state index is -0.710. The van der Waals surface area contributed by atoms with Crippen molar-refractivity contribution in [2.45, 2.75) is 13.0 Å². The molecule has 1 heterocycles. The highest BCUT2D eigenvalue weighted by molar-refractivity contribution is 5.95. The molecule has 1 N–H and O–H groups in total. The number of nitrogens with zero attached hydrogens (tertiary/aromatic N) is 1. The van der Waals surface area contributed by atoms with Crippen LogP contribution in [0.5, 0.6) is 0 Å². The van der Waals surface area contributed by atoms with E-state index in [4.69, 9.17) is 0 Å². The third-order valence-electron chi connectivity index (χ3n) is 4.52. The molecule has 1 aromatic heterocycles. The number of hydrogen-bond acceptors (Lipinski definition) is 2. The first kappa shape index (κ1) is 16.3. The van der Waals surface area contributed by atoms with Crippen molar-refractivity contribution < 1.29 is 18.0 Å². The molecule has 0 bridgehead atoms. The molecule has 2 aromatic carbocycles. The van der Waals surface area contributed by atoms with Crippen molar-refractivity contribution in [3.05, 3.63) is 88.5 Å². The van der Waals surface area contributed by atoms with Crippen LogP contribution in [-0.4, -0.2) is 10.9 Å². The van der Waals surface area contributed by atoms with Crippen molar-refractivity contribution >= 4 is 5.91 Å². The Morgan fingerprint density at radius 1 is 1.04 bits per heavy atom. The number of hydrogen-bond donors (Lipinski definition) is 1. The molecule has 0 aliphatic heterocycles. The topological polar surface area (TPSA) is 42.0 Å². The molecule has 6 heteroatoms. The van der Waals surface area contributed by atoms with Crippen LogP contribution in [0, 0.1) is 17.6 Å². The molecule has 0 spiro atoms. The zero-order chi connectivity index (χ0) is 18.3. The summed E-state index contributed by atoms with van der Waals surface area (Å²) in [4.78, 5) is 16.0. The summed E-state index contributed by atoms with van der Waals surface area (Å²) in [5.41, 5.74) is 3.11. The number of nitrogens with one attached hydrogen (secondary N) is 1. The summed E-state index contributed by atoms with van der Waals surface area (Å²) in [6.45, 7) is -0.257. The second-order valence-electron chi connectivity index (χ2n) is 6.06. The smallest absolute Gasteiger partial charge is 0.251 e. The molecule has 0 radical (unpaired) electrons. The number of amides is 1. The van der Waals surface area contributed by atoms with Crippen molar-refractivity contribution in [1.29, 1.82) is 0 Å². The summed E-state index contributed by atoms with van der Waals surface area (Å²) in [7, 11) is 0. The molecule has 0 saturated carbocycles. The van der Waals surface area contributed by atoms with Gasteiger partial charge in [0.1, 0.15) is 11.6 Å². The Morgan fingerprint density at radius 2 is 1.81 bits per heavy atom. The van der Waals surface area contributed by atoms with Crippen LogP contribution in [0.2, 0.25) is 0 Å². The van der Waals surface area contributed by atoms with E-state index < -0.39 is 23.5 Å². The highest BCUT2D eigenvalue weighted by Crippen LogP contribution is 2.37. The summed E-state index contributed by atoms with van der Waals surface area (Å²) < 4.78 is 41.1. The van der Waals surface area contributed by atoms with Gasteiger partial charge in [0.2, 0.25) is 5.95 Å². The van der Waals surface area contributed by atoms with E-state index in [-0.39, 0.29) is 12.1 Å². The Labute approximate surface area is 147 Å². The quantitative estimate of drug-likeness (QED) is 0.565. The Kier molecular flexibility index (Phi) is 3.95. The molecule has 1 aliphatic rings. The molecule has 1 amide bonds. The van der Waals surface area contributed by atoms with Gasteiger partial charge < -0.3 is 5.32 Å². The average Bonchev–Trinajstić information content (AvgIpc) is 3.00. The lowest BCUT2D eigenvalue weighted by atomic mass is 10.0. The fraction of sp³-hybridized carbons (Fsp3) is 0.100. The standard InChI is InChI=1S/C20H13F3N2O/c21-17-2-1-3-18(22)16(17)10-25-20(26)11-4-5-13-12(8-11)9-15-14(13)6-7-24-19(15)23/h1-8H,9-10H2,(H,25,26). The predicted molar refractivity (Wildman–Crippen MR) is 90.0 cm³/mol. The van der Waals surface area contributed by atoms with Crippen molar-refractivity contribution in [2.24, 2.45) is 0 Å². The van der Waals surface area contributed by atoms with Crippen molar-refractivity contribution in [2.75, 3.05) is 0 Å². The van der Waals surface area contributed by atoms with Crippen molar-refractivity contribution in [1.82, 2.24) is 10.3 Å². The van der Waals surface area contributed by atoms with Crippen LogP contribution in [0.3, 0.4) is 0 Å². The van der Waals surface area contributed by atoms with Gasteiger partial charge >= 0.3 is 0 Å². The van der Waals surface area contributed by atoms with Gasteiger partial charge in [-0.05, 0) is 47.0 Å². The second-order valence-corrected chi connectivity index (χ2v) is 6.06. The molecular formula is C20H13F3N2O. The van der Waals surface area contributed by atoms with Gasteiger partial charge in [0.15, 0.2) is 0 Å². The summed E-state index contributed by atoms with van der Waals surface area (Å²) in [6.07, 6.45) is 1.76. The molecule has 0 saturated heterocycles. The Balaban J connectivity index is 1.55. The van der Waals surface area contributed by atoms with Gasteiger partial charge in [-0.2, -0.15) is 4.39 Å². The Hall–Kier alpha value is -3.15. The van der Waals surface area contributed by atoms with Gasteiger partial charge in [0.05, 0.1) is 0 Å². The average molecular weight is 354 g/mol. The monoisotopic (exact) mass is 354 g/mol. The van der Waals surface area contributed by atoms with Crippen molar-refractivity contribution in [3.8, 4) is 11.1 Å². The van der Waals surface area contributed by atoms with E-state index in [1.165, 1.54) is 12.3 Å². The maximum atomic E-state index is 13.8. The van der Waals surface area contributed by atoms with Gasteiger partial charge in [0.25, 0.3) is 5.91 Å². The van der Waals surface area contributed by atoms with E-state index >= 15 is 0 Å². The third-order valence-corrected chi connectivity index (χ3v) is 4.52. The first-order valence-electron chi connectivity index (χ1n) is 8.02. The predicted octanol–water partition coefficient (Wildman–Crippen LogP) is 4.00. The fourth-order valence-electron chi connectivity index (χ4n) is 3.19. The molecule has 3 nitrogen and oxygen atoms in total. The molecule has 0 atom stereocenters. The first-order chi connectivity index (χ1) is 12.5.